The van der Waals surface area contributed by atoms with E-state index in [9.17, 15) is 26.7 Å². The summed E-state index contributed by atoms with van der Waals surface area (Å²) in [6.07, 6.45) is -3.80. The minimum absolute atomic E-state index is 0.0604. The molecule has 1 atom stereocenters. The van der Waals surface area contributed by atoms with E-state index in [1.807, 2.05) is 0 Å². The number of hydrogen-bond acceptors (Lipinski definition) is 4. The highest BCUT2D eigenvalue weighted by molar-refractivity contribution is 5.75. The zero-order chi connectivity index (χ0) is 15.0. The number of rotatable bonds is 4. The molecular formula is C11H15F5N2O2. The van der Waals surface area contributed by atoms with Crippen LogP contribution in [0.1, 0.15) is 12.8 Å². The van der Waals surface area contributed by atoms with Gasteiger partial charge in [-0.2, -0.15) is 13.2 Å². The molecule has 0 radical (unpaired) electrons. The van der Waals surface area contributed by atoms with Gasteiger partial charge in [0.1, 0.15) is 0 Å². The van der Waals surface area contributed by atoms with Crippen molar-refractivity contribution < 1.29 is 31.6 Å². The second-order valence-corrected chi connectivity index (χ2v) is 5.27. The average Bonchev–Trinajstić information content (AvgIpc) is 2.69. The van der Waals surface area contributed by atoms with Crippen LogP contribution in [0.5, 0.6) is 0 Å². The largest absolute Gasteiger partial charge is 0.492 e. The molecule has 20 heavy (non-hydrogen) atoms. The van der Waals surface area contributed by atoms with Gasteiger partial charge in [0.2, 0.25) is 0 Å². The smallest absolute Gasteiger partial charge is 0.361 e. The number of alkyl halides is 5. The maximum atomic E-state index is 12.6. The third-order valence-electron chi connectivity index (χ3n) is 3.46. The summed E-state index contributed by atoms with van der Waals surface area (Å²) in [5.41, 5.74) is 0. The van der Waals surface area contributed by atoms with Crippen molar-refractivity contribution in [3.05, 3.63) is 0 Å². The fourth-order valence-electron chi connectivity index (χ4n) is 2.42. The first-order valence-corrected chi connectivity index (χ1v) is 6.30. The Morgan fingerprint density at radius 3 is 2.50 bits per heavy atom. The molecule has 2 aliphatic heterocycles. The van der Waals surface area contributed by atoms with Crippen LogP contribution in [0.15, 0.2) is 0 Å². The van der Waals surface area contributed by atoms with Gasteiger partial charge in [0.25, 0.3) is 5.92 Å². The van der Waals surface area contributed by atoms with E-state index < -0.39 is 18.1 Å². The summed E-state index contributed by atoms with van der Waals surface area (Å²) < 4.78 is 61.2. The fourth-order valence-corrected chi connectivity index (χ4v) is 2.42. The SMILES string of the molecule is O=C(ON1CC[C@@H](CCN2CC(F)(F)C2)C1)C(F)(F)F. The highest BCUT2D eigenvalue weighted by atomic mass is 19.4. The highest BCUT2D eigenvalue weighted by Crippen LogP contribution is 2.28. The summed E-state index contributed by atoms with van der Waals surface area (Å²) >= 11 is 0. The second kappa shape index (κ2) is 5.44. The van der Waals surface area contributed by atoms with Crippen molar-refractivity contribution in [2.24, 2.45) is 5.92 Å². The van der Waals surface area contributed by atoms with E-state index in [-0.39, 0.29) is 32.1 Å². The molecule has 2 fully saturated rings. The molecule has 0 spiro atoms. The molecule has 0 aromatic rings. The maximum Gasteiger partial charge on any atom is 0.492 e. The first-order chi connectivity index (χ1) is 9.16. The summed E-state index contributed by atoms with van der Waals surface area (Å²) in [7, 11) is 0. The second-order valence-electron chi connectivity index (χ2n) is 5.27. The molecule has 2 aliphatic rings. The number of hydroxylamine groups is 2. The molecular weight excluding hydrogens is 287 g/mol. The Kier molecular flexibility index (Phi) is 4.19. The van der Waals surface area contributed by atoms with E-state index in [0.717, 1.165) is 5.06 Å². The Labute approximate surface area is 112 Å². The zero-order valence-corrected chi connectivity index (χ0v) is 10.6. The number of likely N-dealkylation sites (tertiary alicyclic amines) is 1. The Bertz CT molecular complexity index is 366. The van der Waals surface area contributed by atoms with Crippen molar-refractivity contribution >= 4 is 5.97 Å². The molecule has 0 unspecified atom stereocenters. The maximum absolute atomic E-state index is 12.6. The van der Waals surface area contributed by atoms with Crippen LogP contribution < -0.4 is 0 Å². The van der Waals surface area contributed by atoms with Crippen LogP contribution in [-0.4, -0.2) is 60.8 Å². The van der Waals surface area contributed by atoms with Crippen LogP contribution in [0.2, 0.25) is 0 Å². The van der Waals surface area contributed by atoms with Crippen LogP contribution in [0.4, 0.5) is 22.0 Å². The van der Waals surface area contributed by atoms with Gasteiger partial charge in [-0.3, -0.25) is 4.90 Å². The topological polar surface area (TPSA) is 32.8 Å². The van der Waals surface area contributed by atoms with E-state index in [1.54, 1.807) is 4.90 Å². The molecule has 2 heterocycles. The molecule has 9 heteroatoms. The van der Waals surface area contributed by atoms with Gasteiger partial charge >= 0.3 is 12.1 Å². The van der Waals surface area contributed by atoms with E-state index in [4.69, 9.17) is 0 Å². The third-order valence-corrected chi connectivity index (χ3v) is 3.46. The van der Waals surface area contributed by atoms with Gasteiger partial charge in [-0.25, -0.2) is 13.6 Å². The molecule has 2 rings (SSSR count). The monoisotopic (exact) mass is 302 g/mol. The summed E-state index contributed by atoms with van der Waals surface area (Å²) in [6.45, 7) is 0.426. The van der Waals surface area contributed by atoms with Gasteiger partial charge in [0, 0.05) is 13.1 Å². The van der Waals surface area contributed by atoms with Gasteiger partial charge in [0.05, 0.1) is 13.1 Å². The predicted molar refractivity (Wildman–Crippen MR) is 57.8 cm³/mol. The van der Waals surface area contributed by atoms with E-state index in [0.29, 0.717) is 19.4 Å². The van der Waals surface area contributed by atoms with Crippen molar-refractivity contribution in [3.8, 4) is 0 Å². The van der Waals surface area contributed by atoms with Crippen LogP contribution in [0, 0.1) is 5.92 Å². The molecule has 0 aromatic carbocycles. The Morgan fingerprint density at radius 1 is 1.30 bits per heavy atom. The number of carbonyl (C=O) groups is 1. The fraction of sp³-hybridized carbons (Fsp3) is 0.909. The number of nitrogens with zero attached hydrogens (tertiary/aromatic N) is 2. The first-order valence-electron chi connectivity index (χ1n) is 6.30. The van der Waals surface area contributed by atoms with Gasteiger partial charge < -0.3 is 4.84 Å². The molecule has 0 N–H and O–H groups in total. The van der Waals surface area contributed by atoms with Gasteiger partial charge in [-0.1, -0.05) is 0 Å². The van der Waals surface area contributed by atoms with Crippen molar-refractivity contribution in [1.82, 2.24) is 9.96 Å². The Hall–Kier alpha value is -0.960. The van der Waals surface area contributed by atoms with E-state index in [2.05, 4.69) is 4.84 Å². The van der Waals surface area contributed by atoms with Gasteiger partial charge in [0.15, 0.2) is 0 Å². The minimum Gasteiger partial charge on any atom is -0.361 e. The van der Waals surface area contributed by atoms with Crippen molar-refractivity contribution in [1.29, 1.82) is 0 Å². The predicted octanol–water partition coefficient (Wildman–Crippen LogP) is 1.67. The molecule has 0 bridgehead atoms. The van der Waals surface area contributed by atoms with Crippen molar-refractivity contribution in [2.75, 3.05) is 32.7 Å². The third kappa shape index (κ3) is 4.02. The van der Waals surface area contributed by atoms with Crippen LogP contribution in [0.25, 0.3) is 0 Å². The minimum atomic E-state index is -5.00. The lowest BCUT2D eigenvalue weighted by molar-refractivity contribution is -0.235. The standard InChI is InChI=1S/C11H15F5N2O2/c12-10(13)6-17(7-10)3-1-8-2-4-18(5-8)20-9(19)11(14,15)16/h8H,1-7H2/t8-/m1/s1. The lowest BCUT2D eigenvalue weighted by atomic mass is 10.0. The van der Waals surface area contributed by atoms with Gasteiger partial charge in [-0.15, -0.1) is 5.06 Å². The molecule has 0 amide bonds. The summed E-state index contributed by atoms with van der Waals surface area (Å²) in [5, 5.41) is 0.991. The molecule has 116 valence electrons. The van der Waals surface area contributed by atoms with Crippen LogP contribution in [0.3, 0.4) is 0 Å². The number of carbonyl (C=O) groups excluding carboxylic acids is 1. The molecule has 2 saturated heterocycles. The molecule has 4 nitrogen and oxygen atoms in total. The van der Waals surface area contributed by atoms with E-state index >= 15 is 0 Å². The Balaban J connectivity index is 1.64. The van der Waals surface area contributed by atoms with Gasteiger partial charge in [-0.05, 0) is 25.3 Å². The normalized spacial score (nSPS) is 27.4. The summed E-state index contributed by atoms with van der Waals surface area (Å²) in [5.74, 6) is -4.77. The average molecular weight is 302 g/mol. The quantitative estimate of drug-likeness (QED) is 0.740. The lowest BCUT2D eigenvalue weighted by Gasteiger charge is -2.39. The van der Waals surface area contributed by atoms with Crippen molar-refractivity contribution in [3.63, 3.8) is 0 Å². The Morgan fingerprint density at radius 2 is 1.95 bits per heavy atom. The van der Waals surface area contributed by atoms with Crippen molar-refractivity contribution in [2.45, 2.75) is 24.9 Å². The zero-order valence-electron chi connectivity index (χ0n) is 10.6. The number of hydrogen-bond donors (Lipinski definition) is 0. The summed E-state index contributed by atoms with van der Waals surface area (Å²) in [4.78, 5) is 16.5. The molecule has 0 aliphatic carbocycles. The van der Waals surface area contributed by atoms with Crippen LogP contribution in [-0.2, 0) is 9.63 Å². The number of halogens is 5. The molecule has 0 aromatic heterocycles. The first kappa shape index (κ1) is 15.4. The lowest BCUT2D eigenvalue weighted by Crippen LogP contribution is -2.56. The van der Waals surface area contributed by atoms with E-state index in [1.165, 1.54) is 0 Å². The van der Waals surface area contributed by atoms with Crippen LogP contribution >= 0.6 is 0 Å². The summed E-state index contributed by atoms with van der Waals surface area (Å²) in [6, 6.07) is 0. The molecule has 0 saturated carbocycles. The highest BCUT2D eigenvalue weighted by Gasteiger charge is 2.45.